The minimum atomic E-state index is 0.728. The van der Waals surface area contributed by atoms with Crippen molar-refractivity contribution in [2.24, 2.45) is 0 Å². The maximum Gasteiger partial charge on any atom is 0.234 e. The molecule has 0 atom stereocenters. The van der Waals surface area contributed by atoms with Crippen LogP contribution in [-0.4, -0.2) is 14.4 Å². The number of benzene rings is 3. The summed E-state index contributed by atoms with van der Waals surface area (Å²) in [5.41, 5.74) is 6.70. The van der Waals surface area contributed by atoms with E-state index in [2.05, 4.69) is 75.2 Å². The average molecular weight is 321 g/mol. The molecule has 0 N–H and O–H groups in total. The van der Waals surface area contributed by atoms with Gasteiger partial charge >= 0.3 is 0 Å². The number of nitrogens with zero attached hydrogens (tertiary/aromatic N) is 3. The van der Waals surface area contributed by atoms with Crippen molar-refractivity contribution in [3.8, 4) is 22.3 Å². The molecule has 3 heteroatoms. The van der Waals surface area contributed by atoms with E-state index in [9.17, 15) is 0 Å². The van der Waals surface area contributed by atoms with E-state index in [1.54, 1.807) is 0 Å². The van der Waals surface area contributed by atoms with Crippen LogP contribution in [0.5, 0.6) is 0 Å². The zero-order valence-electron chi connectivity index (χ0n) is 13.5. The van der Waals surface area contributed by atoms with Crippen LogP contribution in [0, 0.1) is 0 Å². The molecular weight excluding hydrogens is 306 g/mol. The first-order valence-corrected chi connectivity index (χ1v) is 8.27. The van der Waals surface area contributed by atoms with Crippen LogP contribution in [0.25, 0.3) is 39.1 Å². The Morgan fingerprint density at radius 3 is 2.04 bits per heavy atom. The molecule has 0 fully saturated rings. The molecule has 0 unspecified atom stereocenters. The highest BCUT2D eigenvalue weighted by Crippen LogP contribution is 2.25. The molecule has 2 heterocycles. The van der Waals surface area contributed by atoms with E-state index in [-0.39, 0.29) is 0 Å². The highest BCUT2D eigenvalue weighted by molar-refractivity contribution is 5.80. The lowest BCUT2D eigenvalue weighted by molar-refractivity contribution is 1.14. The minimum Gasteiger partial charge on any atom is -0.283 e. The summed E-state index contributed by atoms with van der Waals surface area (Å²) in [6.45, 7) is 0. The molecule has 5 rings (SSSR count). The summed E-state index contributed by atoms with van der Waals surface area (Å²) < 4.78 is 2.05. The number of aromatic nitrogens is 3. The van der Waals surface area contributed by atoms with Gasteiger partial charge in [-0.25, -0.2) is 9.97 Å². The van der Waals surface area contributed by atoms with Gasteiger partial charge in [-0.1, -0.05) is 66.7 Å². The average Bonchev–Trinajstić information content (AvgIpc) is 3.07. The molecule has 0 bridgehead atoms. The van der Waals surface area contributed by atoms with E-state index < -0.39 is 0 Å². The largest absolute Gasteiger partial charge is 0.283 e. The van der Waals surface area contributed by atoms with E-state index in [4.69, 9.17) is 0 Å². The number of rotatable bonds is 2. The van der Waals surface area contributed by atoms with Gasteiger partial charge in [-0.05, 0) is 28.8 Å². The molecule has 5 aromatic rings. The van der Waals surface area contributed by atoms with E-state index >= 15 is 0 Å². The Labute approximate surface area is 145 Å². The van der Waals surface area contributed by atoms with Gasteiger partial charge in [0.05, 0.1) is 11.0 Å². The molecule has 118 valence electrons. The molecule has 25 heavy (non-hydrogen) atoms. The maximum absolute atomic E-state index is 4.56. The lowest BCUT2D eigenvalue weighted by Crippen LogP contribution is -1.90. The zero-order chi connectivity index (χ0) is 16.6. The minimum absolute atomic E-state index is 0.728. The molecule has 3 nitrogen and oxygen atoms in total. The van der Waals surface area contributed by atoms with Crippen LogP contribution in [0.15, 0.2) is 91.3 Å². The van der Waals surface area contributed by atoms with Gasteiger partial charge in [0.15, 0.2) is 0 Å². The molecule has 0 aliphatic rings. The van der Waals surface area contributed by atoms with E-state index in [1.807, 2.05) is 30.5 Å². The predicted molar refractivity (Wildman–Crippen MR) is 101 cm³/mol. The quantitative estimate of drug-likeness (QED) is 0.446. The van der Waals surface area contributed by atoms with Gasteiger partial charge in [-0.3, -0.25) is 4.40 Å². The fourth-order valence-electron chi connectivity index (χ4n) is 3.18. The lowest BCUT2D eigenvalue weighted by atomic mass is 10.0. The molecule has 0 saturated carbocycles. The zero-order valence-corrected chi connectivity index (χ0v) is 13.5. The molecule has 0 aliphatic heterocycles. The highest BCUT2D eigenvalue weighted by atomic mass is 15.1. The Morgan fingerprint density at radius 2 is 1.24 bits per heavy atom. The first kappa shape index (κ1) is 13.9. The molecule has 0 amide bonds. The maximum atomic E-state index is 4.56. The van der Waals surface area contributed by atoms with Crippen LogP contribution in [0.3, 0.4) is 0 Å². The van der Waals surface area contributed by atoms with Crippen LogP contribution in [0.4, 0.5) is 0 Å². The van der Waals surface area contributed by atoms with Gasteiger partial charge < -0.3 is 0 Å². The monoisotopic (exact) mass is 321 g/mol. The van der Waals surface area contributed by atoms with Gasteiger partial charge in [0, 0.05) is 18.0 Å². The van der Waals surface area contributed by atoms with Crippen molar-refractivity contribution in [3.05, 3.63) is 91.3 Å². The first-order chi connectivity index (χ1) is 12.4. The van der Waals surface area contributed by atoms with Crippen molar-refractivity contribution < 1.29 is 0 Å². The summed E-state index contributed by atoms with van der Waals surface area (Å²) in [5, 5.41) is 0. The molecular formula is C22H15N3. The van der Waals surface area contributed by atoms with E-state index in [0.717, 1.165) is 27.9 Å². The van der Waals surface area contributed by atoms with Crippen LogP contribution >= 0.6 is 0 Å². The summed E-state index contributed by atoms with van der Waals surface area (Å²) >= 11 is 0. The van der Waals surface area contributed by atoms with Crippen LogP contribution < -0.4 is 0 Å². The standard InChI is InChI=1S/C22H15N3/c1-2-6-16(7-3-1)17-10-12-18(13-11-17)19-14-23-22-24-20-8-4-5-9-21(20)25(22)15-19/h1-15H. The van der Waals surface area contributed by atoms with Gasteiger partial charge in [-0.2, -0.15) is 0 Å². The number of para-hydroxylation sites is 2. The number of imidazole rings is 1. The number of fused-ring (bicyclic) bond motifs is 3. The first-order valence-electron chi connectivity index (χ1n) is 8.27. The second kappa shape index (κ2) is 5.56. The highest BCUT2D eigenvalue weighted by Gasteiger charge is 2.07. The van der Waals surface area contributed by atoms with Crippen molar-refractivity contribution in [2.45, 2.75) is 0 Å². The van der Waals surface area contributed by atoms with Gasteiger partial charge in [0.1, 0.15) is 0 Å². The summed E-state index contributed by atoms with van der Waals surface area (Å²) in [6, 6.07) is 27.1. The Bertz CT molecular complexity index is 1170. The smallest absolute Gasteiger partial charge is 0.234 e. The normalized spacial score (nSPS) is 11.2. The van der Waals surface area contributed by atoms with Gasteiger partial charge in [0.25, 0.3) is 0 Å². The number of hydrogen-bond donors (Lipinski definition) is 0. The predicted octanol–water partition coefficient (Wildman–Crippen LogP) is 5.22. The second-order valence-corrected chi connectivity index (χ2v) is 6.06. The lowest BCUT2D eigenvalue weighted by Gasteiger charge is -2.05. The van der Waals surface area contributed by atoms with Crippen LogP contribution in [-0.2, 0) is 0 Å². The van der Waals surface area contributed by atoms with E-state index in [1.165, 1.54) is 11.1 Å². The Hall–Kier alpha value is -3.46. The van der Waals surface area contributed by atoms with Crippen LogP contribution in [0.2, 0.25) is 0 Å². The summed E-state index contributed by atoms with van der Waals surface area (Å²) in [7, 11) is 0. The third kappa shape index (κ3) is 2.37. The Morgan fingerprint density at radius 1 is 0.600 bits per heavy atom. The van der Waals surface area contributed by atoms with Gasteiger partial charge in [-0.15, -0.1) is 0 Å². The molecule has 0 spiro atoms. The molecule has 3 aromatic carbocycles. The van der Waals surface area contributed by atoms with Crippen molar-refractivity contribution in [3.63, 3.8) is 0 Å². The van der Waals surface area contributed by atoms with Crippen molar-refractivity contribution in [2.75, 3.05) is 0 Å². The Kier molecular flexibility index (Phi) is 3.10. The molecule has 0 radical (unpaired) electrons. The van der Waals surface area contributed by atoms with Crippen molar-refractivity contribution in [1.82, 2.24) is 14.4 Å². The van der Waals surface area contributed by atoms with E-state index in [0.29, 0.717) is 0 Å². The summed E-state index contributed by atoms with van der Waals surface area (Å²) in [6.07, 6.45) is 3.99. The summed E-state index contributed by atoms with van der Waals surface area (Å²) in [5.74, 6) is 0.728. The molecule has 0 saturated heterocycles. The fourth-order valence-corrected chi connectivity index (χ4v) is 3.18. The van der Waals surface area contributed by atoms with Gasteiger partial charge in [0.2, 0.25) is 5.78 Å². The number of hydrogen-bond acceptors (Lipinski definition) is 2. The molecule has 0 aliphatic carbocycles. The topological polar surface area (TPSA) is 30.2 Å². The molecule has 2 aromatic heterocycles. The third-order valence-electron chi connectivity index (χ3n) is 4.49. The second-order valence-electron chi connectivity index (χ2n) is 6.06. The fraction of sp³-hybridized carbons (Fsp3) is 0. The third-order valence-corrected chi connectivity index (χ3v) is 4.49. The SMILES string of the molecule is c1ccc(-c2ccc(-c3cnc4nc5ccccc5n4c3)cc2)cc1. The Balaban J connectivity index is 1.59. The van der Waals surface area contributed by atoms with Crippen molar-refractivity contribution in [1.29, 1.82) is 0 Å². The van der Waals surface area contributed by atoms with Crippen LogP contribution in [0.1, 0.15) is 0 Å². The van der Waals surface area contributed by atoms with Crippen molar-refractivity contribution >= 4 is 16.8 Å². The summed E-state index contributed by atoms with van der Waals surface area (Å²) in [4.78, 5) is 9.08.